The molecule has 2 aromatic rings. The number of hydrogen-bond donors (Lipinski definition) is 0. The van der Waals surface area contributed by atoms with Crippen molar-refractivity contribution in [2.24, 2.45) is 0 Å². The molecule has 1 unspecified atom stereocenters. The summed E-state index contributed by atoms with van der Waals surface area (Å²) in [5, 5.41) is 1.34. The van der Waals surface area contributed by atoms with Crippen LogP contribution >= 0.6 is 39.1 Å². The SMILES string of the molecule is CC1(C)Cc2cc(C(Br)c3c(Cl)cccc3Cl)ccc2O1. The first-order valence-corrected chi connectivity index (χ1v) is 8.44. The highest BCUT2D eigenvalue weighted by atomic mass is 79.9. The molecule has 0 N–H and O–H groups in total. The summed E-state index contributed by atoms with van der Waals surface area (Å²) in [6.07, 6.45) is 0.909. The molecule has 110 valence electrons. The van der Waals surface area contributed by atoms with Gasteiger partial charge in [0.15, 0.2) is 0 Å². The number of rotatable bonds is 2. The van der Waals surface area contributed by atoms with Gasteiger partial charge >= 0.3 is 0 Å². The van der Waals surface area contributed by atoms with E-state index in [0.717, 1.165) is 23.3 Å². The fraction of sp³-hybridized carbons (Fsp3) is 0.294. The second-order valence-corrected chi connectivity index (χ2v) is 7.63. The zero-order valence-electron chi connectivity index (χ0n) is 11.8. The minimum Gasteiger partial charge on any atom is -0.487 e. The number of benzene rings is 2. The van der Waals surface area contributed by atoms with Gasteiger partial charge in [-0.15, -0.1) is 0 Å². The van der Waals surface area contributed by atoms with E-state index >= 15 is 0 Å². The van der Waals surface area contributed by atoms with Crippen LogP contribution < -0.4 is 4.74 Å². The maximum atomic E-state index is 6.30. The van der Waals surface area contributed by atoms with Gasteiger partial charge in [0, 0.05) is 22.0 Å². The van der Waals surface area contributed by atoms with E-state index in [1.54, 1.807) is 0 Å². The molecule has 0 fully saturated rings. The Bertz CT molecular complexity index is 677. The topological polar surface area (TPSA) is 9.23 Å². The minimum absolute atomic E-state index is 0.0345. The van der Waals surface area contributed by atoms with Gasteiger partial charge in [0.05, 0.1) is 4.83 Å². The van der Waals surface area contributed by atoms with E-state index < -0.39 is 0 Å². The molecule has 1 aliphatic rings. The van der Waals surface area contributed by atoms with Crippen molar-refractivity contribution in [2.45, 2.75) is 30.7 Å². The highest BCUT2D eigenvalue weighted by Crippen LogP contribution is 2.42. The van der Waals surface area contributed by atoms with Crippen LogP contribution in [0.25, 0.3) is 0 Å². The maximum Gasteiger partial charge on any atom is 0.123 e. The van der Waals surface area contributed by atoms with Gasteiger partial charge in [0.1, 0.15) is 11.4 Å². The van der Waals surface area contributed by atoms with Crippen molar-refractivity contribution in [3.05, 3.63) is 63.1 Å². The zero-order valence-corrected chi connectivity index (χ0v) is 14.9. The van der Waals surface area contributed by atoms with Crippen molar-refractivity contribution in [3.63, 3.8) is 0 Å². The normalized spacial score (nSPS) is 17.2. The van der Waals surface area contributed by atoms with Gasteiger partial charge < -0.3 is 4.74 Å². The molecule has 2 aromatic carbocycles. The number of fused-ring (bicyclic) bond motifs is 1. The van der Waals surface area contributed by atoms with Crippen molar-refractivity contribution in [1.82, 2.24) is 0 Å². The van der Waals surface area contributed by atoms with Crippen molar-refractivity contribution < 1.29 is 4.74 Å². The van der Waals surface area contributed by atoms with E-state index in [-0.39, 0.29) is 10.4 Å². The monoisotopic (exact) mass is 384 g/mol. The van der Waals surface area contributed by atoms with Crippen molar-refractivity contribution >= 4 is 39.1 Å². The Labute approximate surface area is 143 Å². The summed E-state index contributed by atoms with van der Waals surface area (Å²) in [5.41, 5.74) is 3.12. The summed E-state index contributed by atoms with van der Waals surface area (Å²) in [6, 6.07) is 11.8. The summed E-state index contributed by atoms with van der Waals surface area (Å²) in [5.74, 6) is 0.966. The van der Waals surface area contributed by atoms with Gasteiger partial charge in [0.2, 0.25) is 0 Å². The van der Waals surface area contributed by atoms with Crippen molar-refractivity contribution in [2.75, 3.05) is 0 Å². The molecule has 0 aliphatic carbocycles. The van der Waals surface area contributed by atoms with Crippen LogP contribution in [0, 0.1) is 0 Å². The first kappa shape index (κ1) is 15.2. The standard InChI is InChI=1S/C17H15BrCl2O/c1-17(2)9-11-8-10(6-7-14(11)21-17)16(18)15-12(19)4-3-5-13(15)20/h3-8,16H,9H2,1-2H3. The molecule has 0 spiro atoms. The number of hydrogen-bond acceptors (Lipinski definition) is 1. The molecule has 0 bridgehead atoms. The van der Waals surface area contributed by atoms with Gasteiger partial charge in [-0.3, -0.25) is 0 Å². The van der Waals surface area contributed by atoms with Gasteiger partial charge in [0.25, 0.3) is 0 Å². The van der Waals surface area contributed by atoms with Crippen LogP contribution in [-0.2, 0) is 6.42 Å². The van der Waals surface area contributed by atoms with Crippen LogP contribution in [0.5, 0.6) is 5.75 Å². The van der Waals surface area contributed by atoms with Crippen molar-refractivity contribution in [1.29, 1.82) is 0 Å². The van der Waals surface area contributed by atoms with E-state index in [1.807, 2.05) is 24.3 Å². The molecule has 0 saturated carbocycles. The molecule has 0 saturated heterocycles. The molecule has 4 heteroatoms. The van der Waals surface area contributed by atoms with E-state index in [0.29, 0.717) is 10.0 Å². The largest absolute Gasteiger partial charge is 0.487 e. The lowest BCUT2D eigenvalue weighted by molar-refractivity contribution is 0.138. The quantitative estimate of drug-likeness (QED) is 0.560. The zero-order chi connectivity index (χ0) is 15.2. The van der Waals surface area contributed by atoms with Gasteiger partial charge in [-0.25, -0.2) is 0 Å². The Hall–Kier alpha value is -0.700. The van der Waals surface area contributed by atoms with E-state index in [4.69, 9.17) is 27.9 Å². The summed E-state index contributed by atoms with van der Waals surface area (Å²) in [6.45, 7) is 4.20. The summed E-state index contributed by atoms with van der Waals surface area (Å²) >= 11 is 16.3. The number of ether oxygens (including phenoxy) is 1. The van der Waals surface area contributed by atoms with Crippen molar-refractivity contribution in [3.8, 4) is 5.75 Å². The lowest BCUT2D eigenvalue weighted by Gasteiger charge is -2.16. The molecular weight excluding hydrogens is 371 g/mol. The first-order chi connectivity index (χ1) is 9.87. The van der Waals surface area contributed by atoms with Gasteiger partial charge in [-0.05, 0) is 43.2 Å². The van der Waals surface area contributed by atoms with Gasteiger partial charge in [-0.2, -0.15) is 0 Å². The fourth-order valence-corrected chi connectivity index (χ4v) is 4.36. The number of halogens is 3. The molecule has 1 nitrogen and oxygen atoms in total. The summed E-state index contributed by atoms with van der Waals surface area (Å²) < 4.78 is 5.91. The third-order valence-electron chi connectivity index (χ3n) is 3.63. The van der Waals surface area contributed by atoms with Crippen LogP contribution in [0.3, 0.4) is 0 Å². The van der Waals surface area contributed by atoms with Crippen LogP contribution in [-0.4, -0.2) is 5.60 Å². The maximum absolute atomic E-state index is 6.30. The van der Waals surface area contributed by atoms with E-state index in [1.165, 1.54) is 5.56 Å². The highest BCUT2D eigenvalue weighted by Gasteiger charge is 2.30. The lowest BCUT2D eigenvalue weighted by Crippen LogP contribution is -2.24. The van der Waals surface area contributed by atoms with Crippen LogP contribution in [0.1, 0.15) is 35.4 Å². The van der Waals surface area contributed by atoms with E-state index in [9.17, 15) is 0 Å². The van der Waals surface area contributed by atoms with Crippen LogP contribution in [0.15, 0.2) is 36.4 Å². The fourth-order valence-electron chi connectivity index (χ4n) is 2.71. The second-order valence-electron chi connectivity index (χ2n) is 5.90. The lowest BCUT2D eigenvalue weighted by atomic mass is 9.97. The van der Waals surface area contributed by atoms with Crippen LogP contribution in [0.2, 0.25) is 10.0 Å². The molecule has 1 atom stereocenters. The molecular formula is C17H15BrCl2O. The molecule has 3 rings (SSSR count). The summed E-state index contributed by atoms with van der Waals surface area (Å²) in [4.78, 5) is -0.0345. The predicted molar refractivity (Wildman–Crippen MR) is 92.1 cm³/mol. The first-order valence-electron chi connectivity index (χ1n) is 6.77. The van der Waals surface area contributed by atoms with E-state index in [2.05, 4.69) is 41.9 Å². The Morgan fingerprint density at radius 2 is 1.81 bits per heavy atom. The van der Waals surface area contributed by atoms with Crippen LogP contribution in [0.4, 0.5) is 0 Å². The average molecular weight is 386 g/mol. The Kier molecular flexibility index (Phi) is 3.98. The highest BCUT2D eigenvalue weighted by molar-refractivity contribution is 9.09. The Balaban J connectivity index is 1.99. The minimum atomic E-state index is -0.134. The van der Waals surface area contributed by atoms with Gasteiger partial charge in [-0.1, -0.05) is 57.3 Å². The second kappa shape index (κ2) is 5.49. The summed E-state index contributed by atoms with van der Waals surface area (Å²) in [7, 11) is 0. The molecule has 1 heterocycles. The smallest absolute Gasteiger partial charge is 0.123 e. The molecule has 1 aliphatic heterocycles. The molecule has 0 amide bonds. The third-order valence-corrected chi connectivity index (χ3v) is 5.28. The molecule has 0 aromatic heterocycles. The Morgan fingerprint density at radius 1 is 1.14 bits per heavy atom. The average Bonchev–Trinajstić information content (AvgIpc) is 2.70. The molecule has 21 heavy (non-hydrogen) atoms. The third kappa shape index (κ3) is 2.94. The molecule has 0 radical (unpaired) electrons. The predicted octanol–water partition coefficient (Wildman–Crippen LogP) is 6.19. The Morgan fingerprint density at radius 3 is 2.48 bits per heavy atom. The number of alkyl halides is 1.